The third kappa shape index (κ3) is 4.97. The summed E-state index contributed by atoms with van der Waals surface area (Å²) in [5.74, 6) is -1.12. The van der Waals surface area contributed by atoms with Gasteiger partial charge in [0.1, 0.15) is 22.9 Å². The van der Waals surface area contributed by atoms with E-state index in [1.807, 2.05) is 42.5 Å². The first kappa shape index (κ1) is 26.4. The molecule has 2 amide bonds. The van der Waals surface area contributed by atoms with Gasteiger partial charge in [0.15, 0.2) is 5.65 Å². The van der Waals surface area contributed by atoms with E-state index in [1.165, 1.54) is 10.6 Å². The number of aromatic nitrogens is 4. The molecule has 7 rings (SSSR count). The van der Waals surface area contributed by atoms with Crippen molar-refractivity contribution >= 4 is 34.7 Å². The molecular formula is C31H25FN8O3. The number of morpholine rings is 1. The minimum absolute atomic E-state index is 0.00313. The Morgan fingerprint density at radius 1 is 0.977 bits per heavy atom. The van der Waals surface area contributed by atoms with Crippen LogP contribution in [0.5, 0.6) is 0 Å². The van der Waals surface area contributed by atoms with Crippen molar-refractivity contribution in [2.24, 2.45) is 4.99 Å². The molecule has 0 aliphatic carbocycles. The van der Waals surface area contributed by atoms with Crippen molar-refractivity contribution in [1.29, 1.82) is 0 Å². The smallest absolute Gasteiger partial charge is 0.269 e. The number of para-hydroxylation sites is 1. The number of ether oxygens (including phenoxy) is 1. The Hall–Kier alpha value is -5.49. The molecule has 5 heterocycles. The van der Waals surface area contributed by atoms with E-state index in [2.05, 4.69) is 35.6 Å². The van der Waals surface area contributed by atoms with Gasteiger partial charge < -0.3 is 20.3 Å². The van der Waals surface area contributed by atoms with Crippen LogP contribution in [0.15, 0.2) is 90.3 Å². The Labute approximate surface area is 245 Å². The highest BCUT2D eigenvalue weighted by atomic mass is 19.1. The number of aliphatic imine (C=N–C) groups is 1. The molecule has 1 fully saturated rings. The highest BCUT2D eigenvalue weighted by Crippen LogP contribution is 2.29. The molecule has 12 heteroatoms. The standard InChI is InChI=1S/C31H25FN8O3/c32-22-9-4-8-21-25(19-6-2-1-3-7-19)35-28(31(42)36-27(21)22)37-30(41)24-26(38-40-13-5-12-33-29(24)40)20-10-11-23(34-18-20)39-14-16-43-17-15-39/h1-13,18,28H,14-17H2,(H,36,42)(H,37,41)/t28-/m1/s1. The van der Waals surface area contributed by atoms with Crippen LogP contribution in [0.3, 0.4) is 0 Å². The second-order valence-electron chi connectivity index (χ2n) is 9.99. The van der Waals surface area contributed by atoms with Gasteiger partial charge in [-0.15, -0.1) is 0 Å². The average molecular weight is 577 g/mol. The highest BCUT2D eigenvalue weighted by molar-refractivity contribution is 6.20. The number of anilines is 2. The van der Waals surface area contributed by atoms with Crippen molar-refractivity contribution < 1.29 is 18.7 Å². The molecule has 0 bridgehead atoms. The average Bonchev–Trinajstić information content (AvgIpc) is 3.38. The van der Waals surface area contributed by atoms with Gasteiger partial charge >= 0.3 is 0 Å². The summed E-state index contributed by atoms with van der Waals surface area (Å²) in [6, 6.07) is 19.0. The van der Waals surface area contributed by atoms with Gasteiger partial charge in [-0.05, 0) is 24.3 Å². The number of pyridine rings is 1. The second kappa shape index (κ2) is 11.1. The highest BCUT2D eigenvalue weighted by Gasteiger charge is 2.31. The van der Waals surface area contributed by atoms with Crippen LogP contribution in [-0.4, -0.2) is 69.6 Å². The molecule has 2 aliphatic heterocycles. The number of nitrogens with zero attached hydrogens (tertiary/aromatic N) is 6. The first-order chi connectivity index (χ1) is 21.1. The molecular weight excluding hydrogens is 551 g/mol. The van der Waals surface area contributed by atoms with E-state index in [1.54, 1.807) is 36.8 Å². The summed E-state index contributed by atoms with van der Waals surface area (Å²) in [5.41, 5.74) is 2.81. The fourth-order valence-corrected chi connectivity index (χ4v) is 5.22. The van der Waals surface area contributed by atoms with Gasteiger partial charge in [0.2, 0.25) is 6.17 Å². The van der Waals surface area contributed by atoms with Crippen molar-refractivity contribution in [1.82, 2.24) is 24.9 Å². The Balaban J connectivity index is 1.26. The molecule has 2 aliphatic rings. The van der Waals surface area contributed by atoms with Crippen LogP contribution in [0.25, 0.3) is 16.9 Å². The summed E-state index contributed by atoms with van der Waals surface area (Å²) in [7, 11) is 0. The summed E-state index contributed by atoms with van der Waals surface area (Å²) in [5, 5.41) is 9.96. The van der Waals surface area contributed by atoms with Gasteiger partial charge in [0.25, 0.3) is 11.8 Å². The van der Waals surface area contributed by atoms with E-state index >= 15 is 0 Å². The number of carbonyl (C=O) groups is 2. The first-order valence-corrected chi connectivity index (χ1v) is 13.7. The zero-order chi connectivity index (χ0) is 29.3. The predicted molar refractivity (Wildman–Crippen MR) is 158 cm³/mol. The maximum Gasteiger partial charge on any atom is 0.269 e. The van der Waals surface area contributed by atoms with Gasteiger partial charge in [-0.2, -0.15) is 5.10 Å². The Bertz CT molecular complexity index is 1870. The normalized spacial score (nSPS) is 16.7. The number of hydrogen-bond donors (Lipinski definition) is 2. The number of rotatable bonds is 5. The van der Waals surface area contributed by atoms with Crippen molar-refractivity contribution in [3.8, 4) is 11.3 Å². The fraction of sp³-hybridized carbons (Fsp3) is 0.161. The Morgan fingerprint density at radius 2 is 1.81 bits per heavy atom. The molecule has 0 unspecified atom stereocenters. The van der Waals surface area contributed by atoms with Gasteiger partial charge in [0, 0.05) is 48.4 Å². The summed E-state index contributed by atoms with van der Waals surface area (Å²) >= 11 is 0. The summed E-state index contributed by atoms with van der Waals surface area (Å²) < 4.78 is 21.8. The fourth-order valence-electron chi connectivity index (χ4n) is 5.22. The van der Waals surface area contributed by atoms with Crippen molar-refractivity contribution in [2.45, 2.75) is 6.17 Å². The Kier molecular flexibility index (Phi) is 6.79. The molecule has 0 saturated carbocycles. The zero-order valence-electron chi connectivity index (χ0n) is 22.8. The number of fused-ring (bicyclic) bond motifs is 2. The summed E-state index contributed by atoms with van der Waals surface area (Å²) in [4.78, 5) is 43.1. The number of hydrogen-bond acceptors (Lipinski definition) is 8. The van der Waals surface area contributed by atoms with E-state index in [9.17, 15) is 14.0 Å². The summed E-state index contributed by atoms with van der Waals surface area (Å²) in [6.45, 7) is 2.74. The van der Waals surface area contributed by atoms with E-state index in [0.29, 0.717) is 47.0 Å². The van der Waals surface area contributed by atoms with Gasteiger partial charge in [-0.3, -0.25) is 9.59 Å². The van der Waals surface area contributed by atoms with Gasteiger partial charge in [-0.25, -0.2) is 23.9 Å². The first-order valence-electron chi connectivity index (χ1n) is 13.7. The SMILES string of the molecule is O=C(N[C@H]1N=C(c2ccccc2)c2cccc(F)c2NC1=O)c1c(-c2ccc(N3CCOCC3)nc2)nn2cccnc12. The van der Waals surface area contributed by atoms with E-state index < -0.39 is 23.8 Å². The topological polar surface area (TPSA) is 126 Å². The molecule has 1 atom stereocenters. The molecule has 11 nitrogen and oxygen atoms in total. The van der Waals surface area contributed by atoms with Crippen LogP contribution in [0.1, 0.15) is 21.5 Å². The molecule has 2 aromatic carbocycles. The van der Waals surface area contributed by atoms with Crippen LogP contribution in [0, 0.1) is 5.82 Å². The third-order valence-electron chi connectivity index (χ3n) is 7.32. The molecule has 5 aromatic rings. The quantitative estimate of drug-likeness (QED) is 0.329. The molecule has 2 N–H and O–H groups in total. The van der Waals surface area contributed by atoms with Crippen LogP contribution < -0.4 is 15.5 Å². The number of halogens is 1. The number of carbonyl (C=O) groups excluding carboxylic acids is 2. The lowest BCUT2D eigenvalue weighted by Gasteiger charge is -2.27. The number of amides is 2. The maximum atomic E-state index is 14.9. The van der Waals surface area contributed by atoms with Crippen LogP contribution in [0.2, 0.25) is 0 Å². The van der Waals surface area contributed by atoms with Crippen molar-refractivity contribution in [3.63, 3.8) is 0 Å². The number of nitrogens with one attached hydrogen (secondary N) is 2. The van der Waals surface area contributed by atoms with E-state index in [4.69, 9.17) is 4.74 Å². The molecule has 43 heavy (non-hydrogen) atoms. The van der Waals surface area contributed by atoms with Crippen LogP contribution in [0.4, 0.5) is 15.9 Å². The second-order valence-corrected chi connectivity index (χ2v) is 9.99. The third-order valence-corrected chi connectivity index (χ3v) is 7.32. The molecule has 0 spiro atoms. The lowest BCUT2D eigenvalue weighted by molar-refractivity contribution is -0.117. The van der Waals surface area contributed by atoms with E-state index in [0.717, 1.165) is 18.9 Å². The monoisotopic (exact) mass is 576 g/mol. The van der Waals surface area contributed by atoms with Crippen molar-refractivity contribution in [2.75, 3.05) is 36.5 Å². The molecule has 1 saturated heterocycles. The van der Waals surface area contributed by atoms with Crippen LogP contribution in [-0.2, 0) is 9.53 Å². The predicted octanol–water partition coefficient (Wildman–Crippen LogP) is 3.31. The number of benzodiazepines with no additional fused rings is 1. The van der Waals surface area contributed by atoms with Crippen LogP contribution >= 0.6 is 0 Å². The summed E-state index contributed by atoms with van der Waals surface area (Å²) in [6.07, 6.45) is 3.53. The molecule has 3 aromatic heterocycles. The van der Waals surface area contributed by atoms with Gasteiger partial charge in [0.05, 0.1) is 24.6 Å². The zero-order valence-corrected chi connectivity index (χ0v) is 22.8. The number of benzene rings is 2. The Morgan fingerprint density at radius 3 is 2.60 bits per heavy atom. The van der Waals surface area contributed by atoms with Crippen molar-refractivity contribution in [3.05, 3.63) is 108 Å². The lowest BCUT2D eigenvalue weighted by Crippen LogP contribution is -2.42. The maximum absolute atomic E-state index is 14.9. The largest absolute Gasteiger partial charge is 0.378 e. The minimum Gasteiger partial charge on any atom is -0.378 e. The van der Waals surface area contributed by atoms with E-state index in [-0.39, 0.29) is 11.3 Å². The molecule has 214 valence electrons. The minimum atomic E-state index is -1.37. The lowest BCUT2D eigenvalue weighted by atomic mass is 10.0. The molecule has 0 radical (unpaired) electrons. The van der Waals surface area contributed by atoms with Gasteiger partial charge in [-0.1, -0.05) is 42.5 Å².